The second-order valence-corrected chi connectivity index (χ2v) is 6.34. The van der Waals surface area contributed by atoms with Crippen molar-refractivity contribution in [1.29, 1.82) is 0 Å². The molecule has 0 saturated heterocycles. The largest absolute Gasteiger partial charge is 0.298 e. The average molecular weight is 303 g/mol. The standard InChI is InChI=1S/C19H13NOS/c21-12-16-11-15-10-14-8-4-5-9-17(14)20-19(15)22-18(16)13-6-2-1-3-7-13/h1-12,18H/t18-/m1/s1. The molecule has 1 atom stereocenters. The molecule has 1 aromatic heterocycles. The molecule has 0 aliphatic carbocycles. The zero-order valence-corrected chi connectivity index (χ0v) is 12.6. The van der Waals surface area contributed by atoms with Crippen molar-refractivity contribution >= 4 is 35.0 Å². The van der Waals surface area contributed by atoms with Crippen LogP contribution < -0.4 is 0 Å². The van der Waals surface area contributed by atoms with Crippen LogP contribution in [0.5, 0.6) is 0 Å². The Bertz CT molecular complexity index is 886. The van der Waals surface area contributed by atoms with Crippen molar-refractivity contribution in [1.82, 2.24) is 4.98 Å². The first-order chi connectivity index (χ1) is 10.8. The van der Waals surface area contributed by atoms with Gasteiger partial charge in [0.05, 0.1) is 10.8 Å². The number of para-hydroxylation sites is 1. The van der Waals surface area contributed by atoms with E-state index in [1.807, 2.05) is 48.5 Å². The van der Waals surface area contributed by atoms with Crippen molar-refractivity contribution < 1.29 is 4.79 Å². The van der Waals surface area contributed by atoms with Gasteiger partial charge in [-0.15, -0.1) is 0 Å². The SMILES string of the molecule is O=CC1=Cc2cc3ccccc3nc2S[C@@H]1c1ccccc1. The lowest BCUT2D eigenvalue weighted by Crippen LogP contribution is -2.06. The van der Waals surface area contributed by atoms with Crippen LogP contribution in [0.1, 0.15) is 16.4 Å². The van der Waals surface area contributed by atoms with E-state index < -0.39 is 0 Å². The van der Waals surface area contributed by atoms with Crippen molar-refractivity contribution in [2.75, 3.05) is 0 Å². The van der Waals surface area contributed by atoms with Crippen LogP contribution in [0.2, 0.25) is 0 Å². The normalized spacial score (nSPS) is 16.9. The highest BCUT2D eigenvalue weighted by Crippen LogP contribution is 2.45. The van der Waals surface area contributed by atoms with Gasteiger partial charge >= 0.3 is 0 Å². The van der Waals surface area contributed by atoms with E-state index in [9.17, 15) is 4.79 Å². The summed E-state index contributed by atoms with van der Waals surface area (Å²) >= 11 is 1.65. The first-order valence-electron chi connectivity index (χ1n) is 7.13. The summed E-state index contributed by atoms with van der Waals surface area (Å²) in [7, 11) is 0. The van der Waals surface area contributed by atoms with E-state index in [0.717, 1.165) is 38.9 Å². The highest BCUT2D eigenvalue weighted by Gasteiger charge is 2.24. The summed E-state index contributed by atoms with van der Waals surface area (Å²) in [6.07, 6.45) is 2.93. The molecular weight excluding hydrogens is 290 g/mol. The second kappa shape index (κ2) is 5.43. The fraction of sp³-hybridized carbons (Fsp3) is 0.0526. The monoisotopic (exact) mass is 303 g/mol. The van der Waals surface area contributed by atoms with Gasteiger partial charge in [-0.25, -0.2) is 4.98 Å². The maximum absolute atomic E-state index is 11.5. The first-order valence-corrected chi connectivity index (χ1v) is 8.01. The number of carbonyl (C=O) groups is 1. The molecule has 0 bridgehead atoms. The van der Waals surface area contributed by atoms with Crippen LogP contribution in [-0.2, 0) is 4.79 Å². The maximum Gasteiger partial charge on any atom is 0.147 e. The number of hydrogen-bond acceptors (Lipinski definition) is 3. The zero-order valence-electron chi connectivity index (χ0n) is 11.8. The smallest absolute Gasteiger partial charge is 0.147 e. The molecule has 0 radical (unpaired) electrons. The molecule has 22 heavy (non-hydrogen) atoms. The van der Waals surface area contributed by atoms with E-state index in [-0.39, 0.29) is 5.25 Å². The minimum absolute atomic E-state index is 0.0138. The van der Waals surface area contributed by atoms with Gasteiger partial charge in [-0.1, -0.05) is 60.3 Å². The Labute approximate surface area is 132 Å². The number of benzene rings is 2. The van der Waals surface area contributed by atoms with E-state index in [2.05, 4.69) is 18.2 Å². The molecule has 0 amide bonds. The van der Waals surface area contributed by atoms with Gasteiger partial charge < -0.3 is 0 Å². The molecule has 0 unspecified atom stereocenters. The van der Waals surface area contributed by atoms with Crippen LogP contribution in [0.25, 0.3) is 17.0 Å². The number of hydrogen-bond donors (Lipinski definition) is 0. The third kappa shape index (κ3) is 2.24. The fourth-order valence-corrected chi connectivity index (χ4v) is 3.91. The predicted molar refractivity (Wildman–Crippen MR) is 90.8 cm³/mol. The highest BCUT2D eigenvalue weighted by molar-refractivity contribution is 7.99. The lowest BCUT2D eigenvalue weighted by atomic mass is 10.0. The summed E-state index contributed by atoms with van der Waals surface area (Å²) in [5, 5.41) is 2.10. The summed E-state index contributed by atoms with van der Waals surface area (Å²) < 4.78 is 0. The summed E-state index contributed by atoms with van der Waals surface area (Å²) in [6.45, 7) is 0. The molecule has 0 N–H and O–H groups in total. The Morgan fingerprint density at radius 2 is 1.77 bits per heavy atom. The van der Waals surface area contributed by atoms with Crippen LogP contribution in [-0.4, -0.2) is 11.3 Å². The van der Waals surface area contributed by atoms with Crippen LogP contribution >= 0.6 is 11.8 Å². The molecule has 0 spiro atoms. The Kier molecular flexibility index (Phi) is 3.28. The van der Waals surface area contributed by atoms with Crippen molar-refractivity contribution in [2.45, 2.75) is 10.3 Å². The van der Waals surface area contributed by atoms with Crippen LogP contribution in [0.4, 0.5) is 0 Å². The number of pyridine rings is 1. The maximum atomic E-state index is 11.5. The van der Waals surface area contributed by atoms with E-state index in [4.69, 9.17) is 4.98 Å². The molecule has 2 aromatic carbocycles. The third-order valence-corrected chi connectivity index (χ3v) is 5.14. The molecule has 4 rings (SSSR count). The number of carbonyl (C=O) groups excluding carboxylic acids is 1. The molecule has 1 aliphatic heterocycles. The number of aromatic nitrogens is 1. The Morgan fingerprint density at radius 1 is 1.00 bits per heavy atom. The Balaban J connectivity index is 1.86. The van der Waals surface area contributed by atoms with Gasteiger partial charge in [0, 0.05) is 16.5 Å². The molecule has 1 aliphatic rings. The summed E-state index contributed by atoms with van der Waals surface area (Å²) in [5.41, 5.74) is 3.94. The number of thioether (sulfide) groups is 1. The molecule has 2 nitrogen and oxygen atoms in total. The van der Waals surface area contributed by atoms with Crippen molar-refractivity contribution in [3.63, 3.8) is 0 Å². The van der Waals surface area contributed by atoms with E-state index >= 15 is 0 Å². The molecule has 106 valence electrons. The molecular formula is C19H13NOS. The number of nitrogens with zero attached hydrogens (tertiary/aromatic N) is 1. The van der Waals surface area contributed by atoms with Crippen molar-refractivity contribution in [3.05, 3.63) is 77.4 Å². The van der Waals surface area contributed by atoms with Crippen LogP contribution in [0, 0.1) is 0 Å². The minimum Gasteiger partial charge on any atom is -0.298 e. The first kappa shape index (κ1) is 13.3. The summed E-state index contributed by atoms with van der Waals surface area (Å²) in [5.74, 6) is 0. The van der Waals surface area contributed by atoms with Gasteiger partial charge in [-0.2, -0.15) is 0 Å². The van der Waals surface area contributed by atoms with Gasteiger partial charge in [0.15, 0.2) is 0 Å². The minimum atomic E-state index is 0.0138. The van der Waals surface area contributed by atoms with Crippen LogP contribution in [0.15, 0.2) is 71.3 Å². The third-order valence-electron chi connectivity index (χ3n) is 3.81. The number of rotatable bonds is 2. The molecule has 3 aromatic rings. The average Bonchev–Trinajstić information content (AvgIpc) is 2.59. The predicted octanol–water partition coefficient (Wildman–Crippen LogP) is 4.66. The molecule has 3 heteroatoms. The van der Waals surface area contributed by atoms with Gasteiger partial charge in [0.1, 0.15) is 11.3 Å². The summed E-state index contributed by atoms with van der Waals surface area (Å²) in [6, 6.07) is 20.3. The lowest BCUT2D eigenvalue weighted by Gasteiger charge is -2.22. The van der Waals surface area contributed by atoms with Crippen molar-refractivity contribution in [3.8, 4) is 0 Å². The Morgan fingerprint density at radius 3 is 2.59 bits per heavy atom. The van der Waals surface area contributed by atoms with Gasteiger partial charge in [-0.05, 0) is 23.8 Å². The van der Waals surface area contributed by atoms with Crippen molar-refractivity contribution in [2.24, 2.45) is 0 Å². The second-order valence-electron chi connectivity index (χ2n) is 5.25. The Hall–Kier alpha value is -2.39. The van der Waals surface area contributed by atoms with Gasteiger partial charge in [-0.3, -0.25) is 4.79 Å². The molecule has 0 saturated carbocycles. The molecule has 2 heterocycles. The van der Waals surface area contributed by atoms with E-state index in [1.54, 1.807) is 11.8 Å². The molecule has 0 fully saturated rings. The van der Waals surface area contributed by atoms with Crippen LogP contribution in [0.3, 0.4) is 0 Å². The number of aldehydes is 1. The van der Waals surface area contributed by atoms with Gasteiger partial charge in [0.2, 0.25) is 0 Å². The van der Waals surface area contributed by atoms with Gasteiger partial charge in [0.25, 0.3) is 0 Å². The van der Waals surface area contributed by atoms with E-state index in [1.165, 1.54) is 0 Å². The van der Waals surface area contributed by atoms with E-state index in [0.29, 0.717) is 0 Å². The quantitative estimate of drug-likeness (QED) is 0.645. The lowest BCUT2D eigenvalue weighted by molar-refractivity contribution is -0.104. The topological polar surface area (TPSA) is 30.0 Å². The number of fused-ring (bicyclic) bond motifs is 2. The fourth-order valence-electron chi connectivity index (χ4n) is 2.73. The highest BCUT2D eigenvalue weighted by atomic mass is 32.2. The zero-order chi connectivity index (χ0) is 14.9. The summed E-state index contributed by atoms with van der Waals surface area (Å²) in [4.78, 5) is 16.3.